The third kappa shape index (κ3) is 7.14. The molecule has 1 atom stereocenters. The molecule has 0 amide bonds. The van der Waals surface area contributed by atoms with Gasteiger partial charge >= 0.3 is 0 Å². The number of ether oxygens (including phenoxy) is 1. The van der Waals surface area contributed by atoms with Gasteiger partial charge < -0.3 is 15.4 Å². The van der Waals surface area contributed by atoms with E-state index in [0.717, 1.165) is 49.8 Å². The Morgan fingerprint density at radius 3 is 2.83 bits per heavy atom. The molecule has 0 spiro atoms. The van der Waals surface area contributed by atoms with Gasteiger partial charge in [-0.15, -0.1) is 24.0 Å². The number of hydrogen-bond donors (Lipinski definition) is 2. The number of thioether (sulfide) groups is 1. The molecule has 2 rings (SSSR count). The van der Waals surface area contributed by atoms with Gasteiger partial charge in [-0.05, 0) is 31.4 Å². The van der Waals surface area contributed by atoms with E-state index >= 15 is 0 Å². The molecule has 0 aromatic heterocycles. The summed E-state index contributed by atoms with van der Waals surface area (Å²) >= 11 is 1.71. The molecule has 1 saturated heterocycles. The number of hydrogen-bond acceptors (Lipinski definition) is 3. The van der Waals surface area contributed by atoms with E-state index in [-0.39, 0.29) is 35.4 Å². The summed E-state index contributed by atoms with van der Waals surface area (Å²) in [4.78, 5) is 4.22. The van der Waals surface area contributed by atoms with Crippen molar-refractivity contribution >= 4 is 41.7 Å². The van der Waals surface area contributed by atoms with E-state index in [2.05, 4.69) is 22.5 Å². The van der Waals surface area contributed by atoms with Gasteiger partial charge in [0.2, 0.25) is 0 Å². The Kier molecular flexibility index (Phi) is 9.99. The smallest absolute Gasteiger partial charge is 0.191 e. The lowest BCUT2D eigenvalue weighted by molar-refractivity contribution is 0.0243. The minimum Gasteiger partial charge on any atom is -0.373 e. The molecule has 1 unspecified atom stereocenters. The van der Waals surface area contributed by atoms with Crippen LogP contribution in [0.2, 0.25) is 0 Å². The molecular formula is C17H27FIN3OS. The Morgan fingerprint density at radius 2 is 2.17 bits per heavy atom. The molecule has 0 saturated carbocycles. The second-order valence-corrected chi connectivity index (χ2v) is 7.00. The van der Waals surface area contributed by atoms with E-state index in [9.17, 15) is 4.39 Å². The minimum absolute atomic E-state index is 0. The standard InChI is InChI=1S/C17H26FN3OS.HI/c1-17(8-5-10-22-17)13-21-16(19-2)20-9-11-23-12-14-6-3-4-7-15(14)18;/h3-4,6-7H,5,8-13H2,1-2H3,(H2,19,20,21);1H. The summed E-state index contributed by atoms with van der Waals surface area (Å²) in [6, 6.07) is 6.92. The van der Waals surface area contributed by atoms with Crippen molar-refractivity contribution in [2.45, 2.75) is 31.1 Å². The molecule has 1 heterocycles. The first-order valence-corrected chi connectivity index (χ1v) is 9.18. The lowest BCUT2D eigenvalue weighted by Gasteiger charge is -2.24. The predicted molar refractivity (Wildman–Crippen MR) is 111 cm³/mol. The van der Waals surface area contributed by atoms with Gasteiger partial charge in [0.25, 0.3) is 0 Å². The average Bonchev–Trinajstić information content (AvgIpc) is 2.98. The summed E-state index contributed by atoms with van der Waals surface area (Å²) in [6.07, 6.45) is 2.20. The van der Waals surface area contributed by atoms with E-state index < -0.39 is 0 Å². The van der Waals surface area contributed by atoms with Crippen molar-refractivity contribution in [1.29, 1.82) is 0 Å². The molecule has 1 aromatic rings. The van der Waals surface area contributed by atoms with Crippen molar-refractivity contribution in [3.8, 4) is 0 Å². The third-order valence-electron chi connectivity index (χ3n) is 3.91. The van der Waals surface area contributed by atoms with Gasteiger partial charge in [-0.25, -0.2) is 4.39 Å². The van der Waals surface area contributed by atoms with Crippen molar-refractivity contribution < 1.29 is 9.13 Å². The zero-order valence-electron chi connectivity index (χ0n) is 14.3. The molecule has 7 heteroatoms. The van der Waals surface area contributed by atoms with Crippen LogP contribution in [0.25, 0.3) is 0 Å². The topological polar surface area (TPSA) is 45.7 Å². The molecular weight excluding hydrogens is 440 g/mol. The van der Waals surface area contributed by atoms with Crippen molar-refractivity contribution in [2.24, 2.45) is 4.99 Å². The second-order valence-electron chi connectivity index (χ2n) is 5.90. The molecule has 1 aromatic carbocycles. The highest BCUT2D eigenvalue weighted by Crippen LogP contribution is 2.23. The molecule has 1 aliphatic rings. The maximum atomic E-state index is 13.5. The summed E-state index contributed by atoms with van der Waals surface area (Å²) < 4.78 is 19.2. The number of guanidine groups is 1. The maximum Gasteiger partial charge on any atom is 0.191 e. The molecule has 0 aliphatic carbocycles. The Morgan fingerprint density at radius 1 is 1.38 bits per heavy atom. The number of benzene rings is 1. The third-order valence-corrected chi connectivity index (χ3v) is 4.92. The maximum absolute atomic E-state index is 13.5. The van der Waals surface area contributed by atoms with E-state index in [1.54, 1.807) is 24.9 Å². The molecule has 1 aliphatic heterocycles. The van der Waals surface area contributed by atoms with Crippen LogP contribution in [-0.4, -0.2) is 44.1 Å². The Bertz CT molecular complexity index is 524. The molecule has 24 heavy (non-hydrogen) atoms. The van der Waals surface area contributed by atoms with Crippen molar-refractivity contribution in [3.05, 3.63) is 35.6 Å². The van der Waals surface area contributed by atoms with Gasteiger partial charge in [0, 0.05) is 38.2 Å². The zero-order chi connectivity index (χ0) is 16.5. The SMILES string of the molecule is CN=C(NCCSCc1ccccc1F)NCC1(C)CCCO1.I. The van der Waals surface area contributed by atoms with Crippen LogP contribution < -0.4 is 10.6 Å². The Labute approximate surface area is 165 Å². The van der Waals surface area contributed by atoms with Crippen LogP contribution in [0, 0.1) is 5.82 Å². The zero-order valence-corrected chi connectivity index (χ0v) is 17.5. The molecule has 0 bridgehead atoms. The van der Waals surface area contributed by atoms with Gasteiger partial charge in [0.1, 0.15) is 5.82 Å². The van der Waals surface area contributed by atoms with Crippen molar-refractivity contribution in [3.63, 3.8) is 0 Å². The number of halogens is 2. The number of nitrogens with zero attached hydrogens (tertiary/aromatic N) is 1. The predicted octanol–water partition coefficient (Wildman–Crippen LogP) is 3.41. The van der Waals surface area contributed by atoms with Gasteiger partial charge in [-0.3, -0.25) is 4.99 Å². The average molecular weight is 467 g/mol. The van der Waals surface area contributed by atoms with Crippen LogP contribution in [0.5, 0.6) is 0 Å². The monoisotopic (exact) mass is 467 g/mol. The molecule has 2 N–H and O–H groups in total. The summed E-state index contributed by atoms with van der Waals surface area (Å²) in [7, 11) is 1.76. The summed E-state index contributed by atoms with van der Waals surface area (Å²) in [6.45, 7) is 4.52. The Balaban J connectivity index is 0.00000288. The van der Waals surface area contributed by atoms with E-state index in [0.29, 0.717) is 5.75 Å². The minimum atomic E-state index is -0.129. The first-order chi connectivity index (χ1) is 11.1. The fourth-order valence-corrected chi connectivity index (χ4v) is 3.35. The second kappa shape index (κ2) is 11.1. The number of aliphatic imine (C=N–C) groups is 1. The van der Waals surface area contributed by atoms with Crippen LogP contribution in [0.4, 0.5) is 4.39 Å². The molecule has 4 nitrogen and oxygen atoms in total. The van der Waals surface area contributed by atoms with Gasteiger partial charge in [-0.2, -0.15) is 11.8 Å². The van der Waals surface area contributed by atoms with Crippen molar-refractivity contribution in [2.75, 3.05) is 32.5 Å². The van der Waals surface area contributed by atoms with Gasteiger partial charge in [0.15, 0.2) is 5.96 Å². The molecule has 136 valence electrons. The van der Waals surface area contributed by atoms with E-state index in [1.807, 2.05) is 12.1 Å². The highest BCUT2D eigenvalue weighted by molar-refractivity contribution is 14.0. The highest BCUT2D eigenvalue weighted by Gasteiger charge is 2.29. The number of nitrogens with one attached hydrogen (secondary N) is 2. The van der Waals surface area contributed by atoms with Crippen LogP contribution in [0.3, 0.4) is 0 Å². The summed E-state index contributed by atoms with van der Waals surface area (Å²) in [5, 5.41) is 6.59. The normalized spacial score (nSPS) is 20.5. The largest absolute Gasteiger partial charge is 0.373 e. The van der Waals surface area contributed by atoms with E-state index in [4.69, 9.17) is 4.74 Å². The quantitative estimate of drug-likeness (QED) is 0.279. The van der Waals surface area contributed by atoms with Crippen LogP contribution in [-0.2, 0) is 10.5 Å². The van der Waals surface area contributed by atoms with Crippen LogP contribution in [0.1, 0.15) is 25.3 Å². The first-order valence-electron chi connectivity index (χ1n) is 8.03. The van der Waals surface area contributed by atoms with Gasteiger partial charge in [0.05, 0.1) is 5.60 Å². The fourth-order valence-electron chi connectivity index (χ4n) is 2.51. The molecule has 0 radical (unpaired) electrons. The highest BCUT2D eigenvalue weighted by atomic mass is 127. The first kappa shape index (κ1) is 21.5. The fraction of sp³-hybridized carbons (Fsp3) is 0.588. The Hall–Kier alpha value is -0.540. The molecule has 1 fully saturated rings. The van der Waals surface area contributed by atoms with Crippen LogP contribution in [0.15, 0.2) is 29.3 Å². The lowest BCUT2D eigenvalue weighted by Crippen LogP contribution is -2.46. The summed E-state index contributed by atoms with van der Waals surface area (Å²) in [5.74, 6) is 2.23. The van der Waals surface area contributed by atoms with E-state index in [1.165, 1.54) is 6.07 Å². The summed E-state index contributed by atoms with van der Waals surface area (Å²) in [5.41, 5.74) is 0.670. The number of rotatable bonds is 7. The van der Waals surface area contributed by atoms with Crippen molar-refractivity contribution in [1.82, 2.24) is 10.6 Å². The lowest BCUT2D eigenvalue weighted by atomic mass is 10.0. The van der Waals surface area contributed by atoms with Crippen LogP contribution >= 0.6 is 35.7 Å². The van der Waals surface area contributed by atoms with Gasteiger partial charge in [-0.1, -0.05) is 18.2 Å².